The van der Waals surface area contributed by atoms with Crippen molar-refractivity contribution < 1.29 is 4.79 Å². The Hall–Kier alpha value is -2.40. The van der Waals surface area contributed by atoms with Gasteiger partial charge in [0.1, 0.15) is 0 Å². The molecule has 122 valence electrons. The second kappa shape index (κ2) is 6.24. The molecule has 0 saturated carbocycles. The van der Waals surface area contributed by atoms with Crippen molar-refractivity contribution in [3.8, 4) is 10.4 Å². The third-order valence-corrected chi connectivity index (χ3v) is 5.67. The highest BCUT2D eigenvalue weighted by atomic mass is 32.1. The standard InChI is InChI=1S/C19H19N3OS/c1-13-5-2-3-6-16(13)17-7-4-8-22(17)19(23)14-9-18(24-12-14)15-10-20-21-11-15/h2-3,5-6,9-12,17H,4,7-8H2,1H3,(H,20,21). The van der Waals surface area contributed by atoms with Crippen LogP contribution in [0.1, 0.15) is 40.4 Å². The van der Waals surface area contributed by atoms with Crippen LogP contribution in [0.4, 0.5) is 0 Å². The van der Waals surface area contributed by atoms with Crippen molar-refractivity contribution in [2.24, 2.45) is 0 Å². The van der Waals surface area contributed by atoms with Crippen molar-refractivity contribution in [2.75, 3.05) is 6.54 Å². The lowest BCUT2D eigenvalue weighted by molar-refractivity contribution is 0.0736. The zero-order valence-electron chi connectivity index (χ0n) is 13.5. The number of likely N-dealkylation sites (tertiary alicyclic amines) is 1. The summed E-state index contributed by atoms with van der Waals surface area (Å²) in [5.74, 6) is 0.131. The Morgan fingerprint density at radius 2 is 2.25 bits per heavy atom. The molecule has 5 heteroatoms. The molecule has 1 fully saturated rings. The normalized spacial score (nSPS) is 17.4. The Bertz CT molecular complexity index is 853. The van der Waals surface area contributed by atoms with Gasteiger partial charge in [0.05, 0.1) is 17.8 Å². The molecule has 1 amide bonds. The van der Waals surface area contributed by atoms with Crippen molar-refractivity contribution in [1.82, 2.24) is 15.1 Å². The number of nitrogens with zero attached hydrogens (tertiary/aromatic N) is 2. The number of aromatic nitrogens is 2. The molecule has 0 radical (unpaired) electrons. The minimum Gasteiger partial charge on any atom is -0.332 e. The average molecular weight is 337 g/mol. The van der Waals surface area contributed by atoms with E-state index in [1.807, 2.05) is 22.5 Å². The predicted molar refractivity (Wildman–Crippen MR) is 96.1 cm³/mol. The molecule has 1 unspecified atom stereocenters. The summed E-state index contributed by atoms with van der Waals surface area (Å²) in [6, 6.07) is 10.6. The number of carbonyl (C=O) groups is 1. The van der Waals surface area contributed by atoms with E-state index < -0.39 is 0 Å². The van der Waals surface area contributed by atoms with Crippen LogP contribution >= 0.6 is 11.3 Å². The first-order valence-electron chi connectivity index (χ1n) is 8.18. The number of hydrogen-bond acceptors (Lipinski definition) is 3. The molecule has 4 nitrogen and oxygen atoms in total. The van der Waals surface area contributed by atoms with Crippen LogP contribution < -0.4 is 0 Å². The summed E-state index contributed by atoms with van der Waals surface area (Å²) in [7, 11) is 0. The molecule has 1 aliphatic rings. The Kier molecular flexibility index (Phi) is 3.94. The summed E-state index contributed by atoms with van der Waals surface area (Å²) in [5.41, 5.74) is 4.33. The quantitative estimate of drug-likeness (QED) is 0.769. The number of hydrogen-bond donors (Lipinski definition) is 1. The van der Waals surface area contributed by atoms with Crippen LogP contribution in [-0.4, -0.2) is 27.5 Å². The maximum absolute atomic E-state index is 13.0. The number of carbonyl (C=O) groups excluding carboxylic acids is 1. The summed E-state index contributed by atoms with van der Waals surface area (Å²) in [5, 5.41) is 8.75. The molecule has 1 aliphatic heterocycles. The topological polar surface area (TPSA) is 49.0 Å². The number of rotatable bonds is 3. The minimum absolute atomic E-state index is 0.131. The van der Waals surface area contributed by atoms with Gasteiger partial charge >= 0.3 is 0 Å². The predicted octanol–water partition coefficient (Wildman–Crippen LogP) is 4.42. The molecule has 2 aromatic heterocycles. The van der Waals surface area contributed by atoms with Gasteiger partial charge in [0.25, 0.3) is 5.91 Å². The third-order valence-electron chi connectivity index (χ3n) is 4.69. The monoisotopic (exact) mass is 337 g/mol. The zero-order chi connectivity index (χ0) is 16.5. The maximum Gasteiger partial charge on any atom is 0.255 e. The lowest BCUT2D eigenvalue weighted by Gasteiger charge is -2.26. The fraction of sp³-hybridized carbons (Fsp3) is 0.263. The first-order chi connectivity index (χ1) is 11.7. The number of aryl methyl sites for hydroxylation is 1. The molecule has 0 spiro atoms. The van der Waals surface area contributed by atoms with Gasteiger partial charge in [-0.3, -0.25) is 9.89 Å². The first-order valence-corrected chi connectivity index (χ1v) is 9.06. The van der Waals surface area contributed by atoms with Crippen LogP contribution in [0, 0.1) is 6.92 Å². The van der Waals surface area contributed by atoms with Crippen molar-refractivity contribution in [1.29, 1.82) is 0 Å². The number of aromatic amines is 1. The lowest BCUT2D eigenvalue weighted by Crippen LogP contribution is -2.30. The number of benzene rings is 1. The third kappa shape index (κ3) is 2.65. The molecule has 24 heavy (non-hydrogen) atoms. The maximum atomic E-state index is 13.0. The SMILES string of the molecule is Cc1ccccc1C1CCCN1C(=O)c1csc(-c2cn[nH]c2)c1. The number of thiophene rings is 1. The molecular formula is C19H19N3OS. The summed E-state index contributed by atoms with van der Waals surface area (Å²) in [6.45, 7) is 2.95. The van der Waals surface area contributed by atoms with Gasteiger partial charge in [-0.15, -0.1) is 11.3 Å². The lowest BCUT2D eigenvalue weighted by atomic mass is 9.99. The van der Waals surface area contributed by atoms with Gasteiger partial charge in [0, 0.05) is 28.6 Å². The number of nitrogens with one attached hydrogen (secondary N) is 1. The van der Waals surface area contributed by atoms with Crippen LogP contribution in [0.15, 0.2) is 48.1 Å². The van der Waals surface area contributed by atoms with E-state index in [4.69, 9.17) is 0 Å². The molecule has 3 heterocycles. The largest absolute Gasteiger partial charge is 0.332 e. The Morgan fingerprint density at radius 1 is 1.38 bits per heavy atom. The zero-order valence-corrected chi connectivity index (χ0v) is 14.3. The van der Waals surface area contributed by atoms with E-state index in [0.29, 0.717) is 0 Å². The Balaban J connectivity index is 1.61. The smallest absolute Gasteiger partial charge is 0.255 e. The molecule has 0 bridgehead atoms. The van der Waals surface area contributed by atoms with E-state index >= 15 is 0 Å². The summed E-state index contributed by atoms with van der Waals surface area (Å²) in [6.07, 6.45) is 5.73. The van der Waals surface area contributed by atoms with Gasteiger partial charge < -0.3 is 4.90 Å². The van der Waals surface area contributed by atoms with E-state index in [-0.39, 0.29) is 11.9 Å². The van der Waals surface area contributed by atoms with Gasteiger partial charge in [-0.1, -0.05) is 24.3 Å². The van der Waals surface area contributed by atoms with E-state index in [2.05, 4.69) is 41.4 Å². The van der Waals surface area contributed by atoms with Crippen molar-refractivity contribution in [3.05, 3.63) is 64.8 Å². The Labute approximate surface area is 145 Å². The molecule has 4 rings (SSSR count). The highest BCUT2D eigenvalue weighted by Crippen LogP contribution is 2.36. The minimum atomic E-state index is 0.131. The Morgan fingerprint density at radius 3 is 3.04 bits per heavy atom. The molecule has 1 atom stereocenters. The van der Waals surface area contributed by atoms with Gasteiger partial charge in [0.15, 0.2) is 0 Å². The highest BCUT2D eigenvalue weighted by molar-refractivity contribution is 7.13. The molecule has 3 aromatic rings. The summed E-state index contributed by atoms with van der Waals surface area (Å²) >= 11 is 1.59. The van der Waals surface area contributed by atoms with Crippen LogP contribution in [-0.2, 0) is 0 Å². The average Bonchev–Trinajstić information content (AvgIpc) is 3.34. The molecule has 0 aliphatic carbocycles. The molecule has 1 saturated heterocycles. The van der Waals surface area contributed by atoms with Gasteiger partial charge in [-0.2, -0.15) is 5.10 Å². The van der Waals surface area contributed by atoms with Crippen molar-refractivity contribution in [3.63, 3.8) is 0 Å². The van der Waals surface area contributed by atoms with E-state index in [0.717, 1.165) is 35.4 Å². The molecular weight excluding hydrogens is 318 g/mol. The second-order valence-corrected chi connectivity index (χ2v) is 7.11. The van der Waals surface area contributed by atoms with Gasteiger partial charge in [0.2, 0.25) is 0 Å². The number of amides is 1. The van der Waals surface area contributed by atoms with Crippen LogP contribution in [0.2, 0.25) is 0 Å². The van der Waals surface area contributed by atoms with E-state index in [9.17, 15) is 4.79 Å². The van der Waals surface area contributed by atoms with Crippen molar-refractivity contribution >= 4 is 17.2 Å². The highest BCUT2D eigenvalue weighted by Gasteiger charge is 2.31. The second-order valence-electron chi connectivity index (χ2n) is 6.20. The molecule has 1 N–H and O–H groups in total. The van der Waals surface area contributed by atoms with E-state index in [1.165, 1.54) is 11.1 Å². The van der Waals surface area contributed by atoms with Crippen LogP contribution in [0.25, 0.3) is 10.4 Å². The summed E-state index contributed by atoms with van der Waals surface area (Å²) < 4.78 is 0. The number of H-pyrrole nitrogens is 1. The van der Waals surface area contributed by atoms with Crippen molar-refractivity contribution in [2.45, 2.75) is 25.8 Å². The van der Waals surface area contributed by atoms with E-state index in [1.54, 1.807) is 17.5 Å². The van der Waals surface area contributed by atoms with Crippen LogP contribution in [0.3, 0.4) is 0 Å². The molecule has 1 aromatic carbocycles. The summed E-state index contributed by atoms with van der Waals surface area (Å²) in [4.78, 5) is 16.1. The van der Waals surface area contributed by atoms with Crippen LogP contribution in [0.5, 0.6) is 0 Å². The van der Waals surface area contributed by atoms with Gasteiger partial charge in [-0.05, 0) is 37.0 Å². The fourth-order valence-electron chi connectivity index (χ4n) is 3.45. The first kappa shape index (κ1) is 15.1. The fourth-order valence-corrected chi connectivity index (χ4v) is 4.31. The van der Waals surface area contributed by atoms with Gasteiger partial charge in [-0.25, -0.2) is 0 Å².